The zero-order valence-corrected chi connectivity index (χ0v) is 16.7. The summed E-state index contributed by atoms with van der Waals surface area (Å²) in [6.07, 6.45) is 4.12. The Morgan fingerprint density at radius 2 is 1.96 bits per heavy atom. The molecule has 0 amide bonds. The number of rotatable bonds is 5. The summed E-state index contributed by atoms with van der Waals surface area (Å²) in [6, 6.07) is 8.80. The van der Waals surface area contributed by atoms with Gasteiger partial charge in [-0.2, -0.15) is 0 Å². The molecule has 1 atom stereocenters. The van der Waals surface area contributed by atoms with Gasteiger partial charge in [0.2, 0.25) is 0 Å². The van der Waals surface area contributed by atoms with E-state index >= 15 is 0 Å². The van der Waals surface area contributed by atoms with Gasteiger partial charge in [-0.05, 0) is 49.4 Å². The van der Waals surface area contributed by atoms with Gasteiger partial charge < -0.3 is 15.5 Å². The van der Waals surface area contributed by atoms with Crippen molar-refractivity contribution in [3.05, 3.63) is 34.9 Å². The molecule has 0 aromatic heterocycles. The van der Waals surface area contributed by atoms with Crippen LogP contribution in [-0.2, 0) is 6.54 Å². The Morgan fingerprint density at radius 3 is 2.61 bits per heavy atom. The summed E-state index contributed by atoms with van der Waals surface area (Å²) in [5, 5.41) is 7.59. The van der Waals surface area contributed by atoms with Crippen molar-refractivity contribution in [2.45, 2.75) is 31.8 Å². The van der Waals surface area contributed by atoms with Crippen LogP contribution in [0, 0.1) is 5.92 Å². The van der Waals surface area contributed by atoms with Gasteiger partial charge in [0, 0.05) is 37.7 Å². The maximum atomic E-state index is 5.90. The Balaban J connectivity index is 0.00000192. The minimum absolute atomic E-state index is 0. The Morgan fingerprint density at radius 1 is 1.22 bits per heavy atom. The van der Waals surface area contributed by atoms with Crippen LogP contribution in [0.1, 0.15) is 24.8 Å². The van der Waals surface area contributed by atoms with Gasteiger partial charge in [-0.1, -0.05) is 23.7 Å². The maximum Gasteiger partial charge on any atom is 0.191 e. The van der Waals surface area contributed by atoms with E-state index in [-0.39, 0.29) is 24.0 Å². The van der Waals surface area contributed by atoms with Crippen molar-refractivity contribution in [1.29, 1.82) is 0 Å². The minimum atomic E-state index is 0. The highest BCUT2D eigenvalue weighted by Crippen LogP contribution is 2.31. The first-order valence-corrected chi connectivity index (χ1v) is 8.55. The van der Waals surface area contributed by atoms with E-state index in [0.717, 1.165) is 36.0 Å². The molecular weight excluding hydrogens is 423 g/mol. The lowest BCUT2D eigenvalue weighted by atomic mass is 10.1. The quantitative estimate of drug-likeness (QED) is 0.413. The second-order valence-corrected chi connectivity index (χ2v) is 6.75. The molecule has 2 fully saturated rings. The molecular formula is C17H26ClIN4. The molecule has 0 bridgehead atoms. The van der Waals surface area contributed by atoms with Crippen molar-refractivity contribution in [2.75, 3.05) is 26.7 Å². The highest BCUT2D eigenvalue weighted by atomic mass is 127. The van der Waals surface area contributed by atoms with Crippen LogP contribution in [0.4, 0.5) is 0 Å². The first-order valence-electron chi connectivity index (χ1n) is 8.17. The van der Waals surface area contributed by atoms with Crippen LogP contribution in [0.25, 0.3) is 0 Å². The van der Waals surface area contributed by atoms with E-state index in [2.05, 4.69) is 20.5 Å². The van der Waals surface area contributed by atoms with Crippen LogP contribution >= 0.6 is 35.6 Å². The second kappa shape index (κ2) is 9.08. The van der Waals surface area contributed by atoms with E-state index in [9.17, 15) is 0 Å². The molecule has 1 aliphatic carbocycles. The smallest absolute Gasteiger partial charge is 0.191 e. The SMILES string of the molecule is CN=C(NCc1ccc(Cl)cc1)NCC1CCN(C2CC2)C1.I. The highest BCUT2D eigenvalue weighted by molar-refractivity contribution is 14.0. The van der Waals surface area contributed by atoms with Gasteiger partial charge in [-0.25, -0.2) is 0 Å². The number of likely N-dealkylation sites (tertiary alicyclic amines) is 1. The summed E-state index contributed by atoms with van der Waals surface area (Å²) in [5.41, 5.74) is 1.20. The normalized spacial score (nSPS) is 21.8. The van der Waals surface area contributed by atoms with E-state index in [1.165, 1.54) is 37.9 Å². The lowest BCUT2D eigenvalue weighted by Crippen LogP contribution is -2.40. The van der Waals surface area contributed by atoms with Crippen LogP contribution in [0.2, 0.25) is 5.02 Å². The van der Waals surface area contributed by atoms with Gasteiger partial charge in [0.05, 0.1) is 0 Å². The molecule has 1 aromatic carbocycles. The average molecular weight is 449 g/mol. The predicted octanol–water partition coefficient (Wildman–Crippen LogP) is 3.11. The van der Waals surface area contributed by atoms with E-state index in [4.69, 9.17) is 11.6 Å². The fourth-order valence-electron chi connectivity index (χ4n) is 3.05. The van der Waals surface area contributed by atoms with Crippen LogP contribution in [0.3, 0.4) is 0 Å². The largest absolute Gasteiger partial charge is 0.356 e. The van der Waals surface area contributed by atoms with Gasteiger partial charge in [-0.15, -0.1) is 24.0 Å². The number of benzene rings is 1. The van der Waals surface area contributed by atoms with Crippen molar-refractivity contribution in [2.24, 2.45) is 10.9 Å². The third kappa shape index (κ3) is 5.80. The number of nitrogens with one attached hydrogen (secondary N) is 2. The molecule has 128 valence electrons. The van der Waals surface area contributed by atoms with Crippen molar-refractivity contribution in [1.82, 2.24) is 15.5 Å². The monoisotopic (exact) mass is 448 g/mol. The molecule has 1 aromatic rings. The van der Waals surface area contributed by atoms with Crippen LogP contribution in [-0.4, -0.2) is 43.6 Å². The van der Waals surface area contributed by atoms with E-state index in [1.54, 1.807) is 0 Å². The molecule has 6 heteroatoms. The van der Waals surface area contributed by atoms with Crippen molar-refractivity contribution < 1.29 is 0 Å². The molecule has 0 spiro atoms. The number of halogens is 2. The number of aliphatic imine (C=N–C) groups is 1. The molecule has 1 aliphatic heterocycles. The fraction of sp³-hybridized carbons (Fsp3) is 0.588. The van der Waals surface area contributed by atoms with E-state index < -0.39 is 0 Å². The lowest BCUT2D eigenvalue weighted by Gasteiger charge is -2.17. The second-order valence-electron chi connectivity index (χ2n) is 6.31. The molecule has 2 aliphatic rings. The van der Waals surface area contributed by atoms with E-state index in [1.807, 2.05) is 31.3 Å². The van der Waals surface area contributed by atoms with Crippen LogP contribution < -0.4 is 10.6 Å². The van der Waals surface area contributed by atoms with Crippen LogP contribution in [0.5, 0.6) is 0 Å². The molecule has 3 rings (SSSR count). The van der Waals surface area contributed by atoms with Gasteiger partial charge in [0.15, 0.2) is 5.96 Å². The Hall–Kier alpha value is -0.530. The average Bonchev–Trinajstić information content (AvgIpc) is 3.28. The number of hydrogen-bond acceptors (Lipinski definition) is 2. The van der Waals surface area contributed by atoms with Crippen molar-refractivity contribution in [3.8, 4) is 0 Å². The third-order valence-corrected chi connectivity index (χ3v) is 4.79. The van der Waals surface area contributed by atoms with Gasteiger partial charge in [0.25, 0.3) is 0 Å². The molecule has 4 nitrogen and oxygen atoms in total. The molecule has 1 unspecified atom stereocenters. The molecule has 1 saturated carbocycles. The maximum absolute atomic E-state index is 5.90. The lowest BCUT2D eigenvalue weighted by molar-refractivity contribution is 0.314. The Bertz CT molecular complexity index is 516. The number of guanidine groups is 1. The van der Waals surface area contributed by atoms with Crippen molar-refractivity contribution in [3.63, 3.8) is 0 Å². The standard InChI is InChI=1S/C17H25ClN4.HI/c1-19-17(20-10-13-2-4-15(18)5-3-13)21-11-14-8-9-22(12-14)16-6-7-16;/h2-5,14,16H,6-12H2,1H3,(H2,19,20,21);1H. The number of nitrogens with zero attached hydrogens (tertiary/aromatic N) is 2. The minimum Gasteiger partial charge on any atom is -0.356 e. The van der Waals surface area contributed by atoms with Gasteiger partial charge in [0.1, 0.15) is 0 Å². The van der Waals surface area contributed by atoms with Crippen molar-refractivity contribution >= 4 is 41.5 Å². The number of hydrogen-bond donors (Lipinski definition) is 2. The van der Waals surface area contributed by atoms with Crippen LogP contribution in [0.15, 0.2) is 29.3 Å². The van der Waals surface area contributed by atoms with Gasteiger partial charge >= 0.3 is 0 Å². The Labute approximate surface area is 161 Å². The fourth-order valence-corrected chi connectivity index (χ4v) is 3.18. The molecule has 1 saturated heterocycles. The summed E-state index contributed by atoms with van der Waals surface area (Å²) in [4.78, 5) is 6.95. The third-order valence-electron chi connectivity index (χ3n) is 4.54. The summed E-state index contributed by atoms with van der Waals surface area (Å²) >= 11 is 5.90. The van der Waals surface area contributed by atoms with Gasteiger partial charge in [-0.3, -0.25) is 4.99 Å². The summed E-state index contributed by atoms with van der Waals surface area (Å²) in [6.45, 7) is 4.28. The first-order chi connectivity index (χ1) is 10.7. The molecule has 23 heavy (non-hydrogen) atoms. The zero-order valence-electron chi connectivity index (χ0n) is 13.6. The Kier molecular flexibility index (Phi) is 7.43. The predicted molar refractivity (Wildman–Crippen MR) is 108 cm³/mol. The van der Waals surface area contributed by atoms with E-state index in [0.29, 0.717) is 0 Å². The molecule has 1 heterocycles. The highest BCUT2D eigenvalue weighted by Gasteiger charge is 2.34. The first kappa shape index (κ1) is 18.8. The topological polar surface area (TPSA) is 39.7 Å². The zero-order chi connectivity index (χ0) is 15.4. The molecule has 2 N–H and O–H groups in total. The summed E-state index contributed by atoms with van der Waals surface area (Å²) in [7, 11) is 1.82. The molecule has 0 radical (unpaired) electrons. The summed E-state index contributed by atoms with van der Waals surface area (Å²) in [5.74, 6) is 1.62. The summed E-state index contributed by atoms with van der Waals surface area (Å²) < 4.78 is 0.